The van der Waals surface area contributed by atoms with Crippen LogP contribution in [0.25, 0.3) is 11.4 Å². The van der Waals surface area contributed by atoms with Crippen LogP contribution in [0.1, 0.15) is 32.6 Å². The SMILES string of the molecule is CCNC(=NCCc1nc(-c2cccc(Cl)c2)no1)NC1CCN(C(=O)CC)C1.I. The second-order valence-electron chi connectivity index (χ2n) is 6.86. The molecule has 1 aliphatic rings. The van der Waals surface area contributed by atoms with Crippen LogP contribution in [0.15, 0.2) is 33.8 Å². The van der Waals surface area contributed by atoms with E-state index >= 15 is 0 Å². The van der Waals surface area contributed by atoms with E-state index in [0.717, 1.165) is 31.0 Å². The Morgan fingerprint density at radius 1 is 1.40 bits per heavy atom. The summed E-state index contributed by atoms with van der Waals surface area (Å²) in [5.74, 6) is 1.98. The van der Waals surface area contributed by atoms with Gasteiger partial charge in [-0.25, -0.2) is 0 Å². The molecule has 1 fully saturated rings. The third-order valence-corrected chi connectivity index (χ3v) is 4.91. The zero-order chi connectivity index (χ0) is 20.6. The molecule has 10 heteroatoms. The number of likely N-dealkylation sites (tertiary alicyclic amines) is 1. The fraction of sp³-hybridized carbons (Fsp3) is 0.500. The van der Waals surface area contributed by atoms with Gasteiger partial charge in [-0.15, -0.1) is 24.0 Å². The van der Waals surface area contributed by atoms with E-state index in [4.69, 9.17) is 16.1 Å². The van der Waals surface area contributed by atoms with Crippen molar-refractivity contribution in [3.05, 3.63) is 35.2 Å². The highest BCUT2D eigenvalue weighted by atomic mass is 127. The van der Waals surface area contributed by atoms with Gasteiger partial charge in [-0.05, 0) is 25.5 Å². The summed E-state index contributed by atoms with van der Waals surface area (Å²) >= 11 is 6.01. The summed E-state index contributed by atoms with van der Waals surface area (Å²) in [4.78, 5) is 22.8. The molecule has 0 saturated carbocycles. The second kappa shape index (κ2) is 12.1. The smallest absolute Gasteiger partial charge is 0.228 e. The van der Waals surface area contributed by atoms with Crippen LogP contribution >= 0.6 is 35.6 Å². The Kier molecular flexibility index (Phi) is 9.83. The maximum absolute atomic E-state index is 11.8. The van der Waals surface area contributed by atoms with Crippen LogP contribution in [0.3, 0.4) is 0 Å². The monoisotopic (exact) mass is 546 g/mol. The first-order chi connectivity index (χ1) is 14.1. The molecule has 1 amide bonds. The van der Waals surface area contributed by atoms with E-state index in [0.29, 0.717) is 42.7 Å². The summed E-state index contributed by atoms with van der Waals surface area (Å²) in [6.45, 7) is 6.69. The minimum atomic E-state index is 0. The van der Waals surface area contributed by atoms with E-state index in [-0.39, 0.29) is 35.9 Å². The molecule has 3 rings (SSSR count). The molecule has 0 aliphatic carbocycles. The highest BCUT2D eigenvalue weighted by Crippen LogP contribution is 2.20. The van der Waals surface area contributed by atoms with Crippen molar-refractivity contribution in [1.82, 2.24) is 25.7 Å². The summed E-state index contributed by atoms with van der Waals surface area (Å²) in [5, 5.41) is 11.3. The molecule has 1 aromatic carbocycles. The standard InChI is InChI=1S/C20H27ClN6O2.HI/c1-3-18(28)27-11-9-16(13-27)24-20(22-4-2)23-10-8-17-25-19(26-29-17)14-6-5-7-15(21)12-14;/h5-7,12,16H,3-4,8-11,13H2,1-2H3,(H2,22,23,24);1H. The average Bonchev–Trinajstić information content (AvgIpc) is 3.37. The lowest BCUT2D eigenvalue weighted by molar-refractivity contribution is -0.129. The number of aromatic nitrogens is 2. The van der Waals surface area contributed by atoms with E-state index in [9.17, 15) is 4.79 Å². The number of amides is 1. The maximum atomic E-state index is 11.8. The molecular formula is C20H28ClIN6O2. The molecule has 1 unspecified atom stereocenters. The highest BCUT2D eigenvalue weighted by molar-refractivity contribution is 14.0. The topological polar surface area (TPSA) is 95.7 Å². The van der Waals surface area contributed by atoms with Crippen molar-refractivity contribution in [3.63, 3.8) is 0 Å². The van der Waals surface area contributed by atoms with E-state index in [1.165, 1.54) is 0 Å². The molecule has 2 aromatic rings. The lowest BCUT2D eigenvalue weighted by atomic mass is 10.2. The number of guanidine groups is 1. The first kappa shape index (κ1) is 24.4. The van der Waals surface area contributed by atoms with E-state index in [1.54, 1.807) is 12.1 Å². The van der Waals surface area contributed by atoms with Gasteiger partial charge in [0.2, 0.25) is 17.6 Å². The Morgan fingerprint density at radius 2 is 2.23 bits per heavy atom. The second-order valence-corrected chi connectivity index (χ2v) is 7.29. The number of carbonyl (C=O) groups excluding carboxylic acids is 1. The Hall–Kier alpha value is -1.88. The Balaban J connectivity index is 0.00000320. The van der Waals surface area contributed by atoms with Gasteiger partial charge in [-0.1, -0.05) is 35.8 Å². The van der Waals surface area contributed by atoms with Crippen LogP contribution in [-0.2, 0) is 11.2 Å². The normalized spacial score (nSPS) is 16.3. The molecule has 0 spiro atoms. The van der Waals surface area contributed by atoms with Gasteiger partial charge in [0.1, 0.15) is 0 Å². The predicted octanol–water partition coefficient (Wildman–Crippen LogP) is 3.12. The van der Waals surface area contributed by atoms with Gasteiger partial charge in [0.15, 0.2) is 5.96 Å². The number of hydrogen-bond donors (Lipinski definition) is 2. The summed E-state index contributed by atoms with van der Waals surface area (Å²) in [6.07, 6.45) is 2.00. The van der Waals surface area contributed by atoms with Crippen molar-refractivity contribution in [2.75, 3.05) is 26.2 Å². The van der Waals surface area contributed by atoms with Gasteiger partial charge >= 0.3 is 0 Å². The van der Waals surface area contributed by atoms with Gasteiger partial charge in [-0.2, -0.15) is 4.98 Å². The van der Waals surface area contributed by atoms with Crippen LogP contribution in [-0.4, -0.2) is 59.1 Å². The zero-order valence-corrected chi connectivity index (χ0v) is 20.3. The lowest BCUT2D eigenvalue weighted by Crippen LogP contribution is -2.45. The predicted molar refractivity (Wildman–Crippen MR) is 128 cm³/mol. The Morgan fingerprint density at radius 3 is 2.97 bits per heavy atom. The quantitative estimate of drug-likeness (QED) is 0.315. The summed E-state index contributed by atoms with van der Waals surface area (Å²) < 4.78 is 5.33. The third-order valence-electron chi connectivity index (χ3n) is 4.67. The number of rotatable bonds is 7. The zero-order valence-electron chi connectivity index (χ0n) is 17.2. The molecule has 2 heterocycles. The van der Waals surface area contributed by atoms with Gasteiger partial charge in [0.05, 0.1) is 6.54 Å². The van der Waals surface area contributed by atoms with Gasteiger partial charge < -0.3 is 20.1 Å². The number of benzene rings is 1. The Bertz CT molecular complexity index is 859. The van der Waals surface area contributed by atoms with Crippen molar-refractivity contribution in [3.8, 4) is 11.4 Å². The number of carbonyl (C=O) groups is 1. The van der Waals surface area contributed by atoms with E-state index in [1.807, 2.05) is 30.9 Å². The highest BCUT2D eigenvalue weighted by Gasteiger charge is 2.25. The summed E-state index contributed by atoms with van der Waals surface area (Å²) in [5.41, 5.74) is 0.818. The molecular weight excluding hydrogens is 519 g/mol. The van der Waals surface area contributed by atoms with Crippen molar-refractivity contribution in [1.29, 1.82) is 0 Å². The Labute approximate surface area is 198 Å². The van der Waals surface area contributed by atoms with Crippen molar-refractivity contribution < 1.29 is 9.32 Å². The van der Waals surface area contributed by atoms with Crippen LogP contribution in [0.2, 0.25) is 5.02 Å². The molecule has 1 aliphatic heterocycles. The molecule has 8 nitrogen and oxygen atoms in total. The number of nitrogens with one attached hydrogen (secondary N) is 2. The fourth-order valence-corrected chi connectivity index (χ4v) is 3.40. The number of halogens is 2. The van der Waals surface area contributed by atoms with Gasteiger partial charge in [0, 0.05) is 49.1 Å². The number of aliphatic imine (C=N–C) groups is 1. The average molecular weight is 547 g/mol. The maximum Gasteiger partial charge on any atom is 0.228 e. The molecule has 0 bridgehead atoms. The lowest BCUT2D eigenvalue weighted by Gasteiger charge is -2.18. The molecule has 0 radical (unpaired) electrons. The van der Waals surface area contributed by atoms with Crippen molar-refractivity contribution in [2.24, 2.45) is 4.99 Å². The van der Waals surface area contributed by atoms with Crippen LogP contribution in [0.5, 0.6) is 0 Å². The molecule has 30 heavy (non-hydrogen) atoms. The minimum Gasteiger partial charge on any atom is -0.357 e. The van der Waals surface area contributed by atoms with Gasteiger partial charge in [0.25, 0.3) is 0 Å². The van der Waals surface area contributed by atoms with Crippen molar-refractivity contribution >= 4 is 47.4 Å². The van der Waals surface area contributed by atoms with E-state index in [2.05, 4.69) is 25.8 Å². The summed E-state index contributed by atoms with van der Waals surface area (Å²) in [6, 6.07) is 7.55. The number of hydrogen-bond acceptors (Lipinski definition) is 5. The molecule has 1 aromatic heterocycles. The van der Waals surface area contributed by atoms with Crippen LogP contribution in [0.4, 0.5) is 0 Å². The largest absolute Gasteiger partial charge is 0.357 e. The molecule has 1 atom stereocenters. The van der Waals surface area contributed by atoms with E-state index < -0.39 is 0 Å². The summed E-state index contributed by atoms with van der Waals surface area (Å²) in [7, 11) is 0. The first-order valence-electron chi connectivity index (χ1n) is 10.00. The first-order valence-corrected chi connectivity index (χ1v) is 10.4. The van der Waals surface area contributed by atoms with Gasteiger partial charge in [-0.3, -0.25) is 9.79 Å². The molecule has 1 saturated heterocycles. The van der Waals surface area contributed by atoms with Crippen LogP contribution in [0, 0.1) is 0 Å². The van der Waals surface area contributed by atoms with Crippen LogP contribution < -0.4 is 10.6 Å². The minimum absolute atomic E-state index is 0. The molecule has 164 valence electrons. The van der Waals surface area contributed by atoms with Crippen molar-refractivity contribution in [2.45, 2.75) is 39.2 Å². The fourth-order valence-electron chi connectivity index (χ4n) is 3.21. The third kappa shape index (κ3) is 6.83. The molecule has 2 N–H and O–H groups in total. The number of nitrogens with zero attached hydrogens (tertiary/aromatic N) is 4.